The number of ether oxygens (including phenoxy) is 1. The van der Waals surface area contributed by atoms with Gasteiger partial charge in [-0.1, -0.05) is 0 Å². The summed E-state index contributed by atoms with van der Waals surface area (Å²) in [5.41, 5.74) is -0.277. The minimum absolute atomic E-state index is 0.0256. The van der Waals surface area contributed by atoms with Crippen molar-refractivity contribution in [2.45, 2.75) is 0 Å². The predicted molar refractivity (Wildman–Crippen MR) is 62.9 cm³/mol. The molecule has 94 valence electrons. The number of nitrogens with zero attached hydrogens (tertiary/aromatic N) is 1. The van der Waals surface area contributed by atoms with Crippen molar-refractivity contribution in [3.8, 4) is 5.75 Å². The molecule has 0 aliphatic carbocycles. The van der Waals surface area contributed by atoms with Gasteiger partial charge in [0.15, 0.2) is 0 Å². The van der Waals surface area contributed by atoms with E-state index in [4.69, 9.17) is 16.3 Å². The predicted octanol–water partition coefficient (Wildman–Crippen LogP) is 1.54. The quantitative estimate of drug-likeness (QED) is 0.501. The summed E-state index contributed by atoms with van der Waals surface area (Å²) in [6.07, 6.45) is 0. The second-order valence-electron chi connectivity index (χ2n) is 2.97. The van der Waals surface area contributed by atoms with Crippen molar-refractivity contribution in [2.75, 3.05) is 17.0 Å². The van der Waals surface area contributed by atoms with Gasteiger partial charge in [0.1, 0.15) is 11.0 Å². The van der Waals surface area contributed by atoms with Crippen LogP contribution < -0.4 is 9.46 Å². The normalized spacial score (nSPS) is 10.9. The van der Waals surface area contributed by atoms with Gasteiger partial charge in [-0.05, 0) is 6.07 Å². The highest BCUT2D eigenvalue weighted by atomic mass is 35.5. The number of hydrogen-bond acceptors (Lipinski definition) is 5. The number of nitrogens with one attached hydrogen (secondary N) is 1. The molecule has 0 unspecified atom stereocenters. The van der Waals surface area contributed by atoms with Crippen LogP contribution in [0.1, 0.15) is 0 Å². The molecule has 1 rings (SSSR count). The third kappa shape index (κ3) is 3.46. The second-order valence-corrected chi connectivity index (χ2v) is 5.27. The molecule has 1 aromatic rings. The van der Waals surface area contributed by atoms with Gasteiger partial charge in [-0.2, -0.15) is 0 Å². The van der Waals surface area contributed by atoms with E-state index in [0.717, 1.165) is 6.07 Å². The van der Waals surface area contributed by atoms with Gasteiger partial charge >= 0.3 is 0 Å². The van der Waals surface area contributed by atoms with Gasteiger partial charge < -0.3 is 4.74 Å². The Labute approximate surface area is 103 Å². The molecule has 17 heavy (non-hydrogen) atoms. The first-order valence-corrected chi connectivity index (χ1v) is 6.47. The summed E-state index contributed by atoms with van der Waals surface area (Å²) in [7, 11) is -2.42. The van der Waals surface area contributed by atoms with E-state index < -0.39 is 20.2 Å². The molecule has 7 nitrogen and oxygen atoms in total. The molecule has 0 heterocycles. The molecular formula is C8H9ClN2O5S. The Morgan fingerprint density at radius 2 is 2.18 bits per heavy atom. The number of nitro groups is 1. The van der Waals surface area contributed by atoms with Crippen molar-refractivity contribution in [1.82, 2.24) is 0 Å². The van der Waals surface area contributed by atoms with Gasteiger partial charge in [0, 0.05) is 12.1 Å². The molecule has 0 radical (unpaired) electrons. The number of halogens is 1. The maximum Gasteiger partial charge on any atom is 0.271 e. The highest BCUT2D eigenvalue weighted by molar-refractivity contribution is 7.93. The number of methoxy groups -OCH3 is 1. The zero-order chi connectivity index (χ0) is 13.1. The summed E-state index contributed by atoms with van der Waals surface area (Å²) in [5, 5.41) is 9.90. The number of hydrogen-bond donors (Lipinski definition) is 1. The topological polar surface area (TPSA) is 98.5 Å². The average molecular weight is 281 g/mol. The summed E-state index contributed by atoms with van der Waals surface area (Å²) < 4.78 is 29.5. The Kier molecular flexibility index (Phi) is 4.13. The Hall–Kier alpha value is -1.54. The maximum absolute atomic E-state index is 11.2. The second kappa shape index (κ2) is 5.19. The van der Waals surface area contributed by atoms with E-state index in [1.165, 1.54) is 19.2 Å². The number of nitro benzene ring substituents is 1. The fraction of sp³-hybridized carbons (Fsp3) is 0.250. The zero-order valence-electron chi connectivity index (χ0n) is 8.71. The van der Waals surface area contributed by atoms with E-state index in [-0.39, 0.29) is 17.1 Å². The van der Waals surface area contributed by atoms with E-state index in [1.54, 1.807) is 0 Å². The van der Waals surface area contributed by atoms with Crippen LogP contribution in [0.3, 0.4) is 0 Å². The third-order valence-corrected chi connectivity index (χ3v) is 3.48. The highest BCUT2D eigenvalue weighted by Gasteiger charge is 2.16. The Balaban J connectivity index is 3.19. The molecule has 0 bridgehead atoms. The van der Waals surface area contributed by atoms with Gasteiger partial charge in [-0.25, -0.2) is 8.42 Å². The van der Waals surface area contributed by atoms with Crippen LogP contribution in [0.15, 0.2) is 18.2 Å². The van der Waals surface area contributed by atoms with Crippen LogP contribution in [-0.2, 0) is 10.0 Å². The Morgan fingerprint density at radius 3 is 2.65 bits per heavy atom. The largest absolute Gasteiger partial charge is 0.495 e. The molecule has 0 aliphatic rings. The van der Waals surface area contributed by atoms with Gasteiger partial charge in [-0.3, -0.25) is 14.8 Å². The Morgan fingerprint density at radius 1 is 1.53 bits per heavy atom. The molecule has 0 saturated carbocycles. The van der Waals surface area contributed by atoms with Crippen molar-refractivity contribution in [3.05, 3.63) is 28.3 Å². The fourth-order valence-corrected chi connectivity index (χ4v) is 1.80. The van der Waals surface area contributed by atoms with E-state index >= 15 is 0 Å². The molecule has 0 fully saturated rings. The number of benzene rings is 1. The van der Waals surface area contributed by atoms with Crippen molar-refractivity contribution < 1.29 is 18.1 Å². The van der Waals surface area contributed by atoms with Crippen LogP contribution >= 0.6 is 11.6 Å². The van der Waals surface area contributed by atoms with E-state index in [1.807, 2.05) is 0 Å². The summed E-state index contributed by atoms with van der Waals surface area (Å²) in [4.78, 5) is 9.91. The van der Waals surface area contributed by atoms with Gasteiger partial charge in [0.2, 0.25) is 10.0 Å². The molecule has 0 aliphatic heterocycles. The van der Waals surface area contributed by atoms with Crippen LogP contribution in [0.25, 0.3) is 0 Å². The van der Waals surface area contributed by atoms with E-state index in [0.29, 0.717) is 0 Å². The number of rotatable bonds is 5. The Bertz CT molecular complexity index is 531. The minimum Gasteiger partial charge on any atom is -0.495 e. The van der Waals surface area contributed by atoms with Crippen LogP contribution in [0.2, 0.25) is 0 Å². The lowest BCUT2D eigenvalue weighted by atomic mass is 10.2. The molecule has 1 aromatic carbocycles. The van der Waals surface area contributed by atoms with E-state index in [9.17, 15) is 18.5 Å². The summed E-state index contributed by atoms with van der Waals surface area (Å²) in [6.45, 7) is 0. The first-order valence-electron chi connectivity index (χ1n) is 4.28. The van der Waals surface area contributed by atoms with Crippen LogP contribution in [0.5, 0.6) is 5.75 Å². The average Bonchev–Trinajstić information content (AvgIpc) is 2.28. The summed E-state index contributed by atoms with van der Waals surface area (Å²) in [6, 6.07) is 3.56. The lowest BCUT2D eigenvalue weighted by Crippen LogP contribution is -2.14. The van der Waals surface area contributed by atoms with Crippen molar-refractivity contribution in [3.63, 3.8) is 0 Å². The molecule has 0 amide bonds. The zero-order valence-corrected chi connectivity index (χ0v) is 10.3. The number of non-ortho nitro benzene ring substituents is 1. The third-order valence-electron chi connectivity index (χ3n) is 1.80. The number of alkyl halides is 1. The lowest BCUT2D eigenvalue weighted by molar-refractivity contribution is -0.384. The first kappa shape index (κ1) is 13.5. The van der Waals surface area contributed by atoms with Gasteiger partial charge in [0.25, 0.3) is 5.69 Å². The molecule has 9 heteroatoms. The van der Waals surface area contributed by atoms with Crippen molar-refractivity contribution >= 4 is 33.0 Å². The molecule has 0 atom stereocenters. The minimum atomic E-state index is -3.73. The monoisotopic (exact) mass is 280 g/mol. The number of sulfonamides is 1. The molecular weight excluding hydrogens is 272 g/mol. The maximum atomic E-state index is 11.2. The molecule has 1 N–H and O–H groups in total. The van der Waals surface area contributed by atoms with Crippen molar-refractivity contribution in [1.29, 1.82) is 0 Å². The van der Waals surface area contributed by atoms with Crippen LogP contribution in [0, 0.1) is 10.1 Å². The molecule has 0 aromatic heterocycles. The highest BCUT2D eigenvalue weighted by Crippen LogP contribution is 2.29. The summed E-state index contributed by atoms with van der Waals surface area (Å²) in [5.74, 6) is 0.171. The van der Waals surface area contributed by atoms with Gasteiger partial charge in [-0.15, -0.1) is 11.6 Å². The van der Waals surface area contributed by atoms with Crippen molar-refractivity contribution in [2.24, 2.45) is 0 Å². The first-order chi connectivity index (χ1) is 7.89. The number of anilines is 1. The smallest absolute Gasteiger partial charge is 0.271 e. The van der Waals surface area contributed by atoms with Crippen LogP contribution in [-0.4, -0.2) is 25.7 Å². The van der Waals surface area contributed by atoms with Crippen LogP contribution in [0.4, 0.5) is 11.4 Å². The van der Waals surface area contributed by atoms with E-state index in [2.05, 4.69) is 4.72 Å². The van der Waals surface area contributed by atoms with Gasteiger partial charge in [0.05, 0.1) is 17.7 Å². The molecule has 0 saturated heterocycles. The summed E-state index contributed by atoms with van der Waals surface area (Å²) >= 11 is 5.22. The standard InChI is InChI=1S/C8H9ClN2O5S/c1-16-8-3-2-6(11(12)13)4-7(8)10-17(14,15)5-9/h2-4,10H,5H2,1H3. The lowest BCUT2D eigenvalue weighted by Gasteiger charge is -2.09. The molecule has 0 spiro atoms. The SMILES string of the molecule is COc1ccc([N+](=O)[O-])cc1NS(=O)(=O)CCl. The fourth-order valence-electron chi connectivity index (χ4n) is 1.08.